The number of anilines is 1. The molecule has 0 aromatic carbocycles. The highest BCUT2D eigenvalue weighted by molar-refractivity contribution is 9.10. The smallest absolute Gasteiger partial charge is 0.311 e. The van der Waals surface area contributed by atoms with E-state index < -0.39 is 0 Å². The number of nitrogens with zero attached hydrogens (tertiary/aromatic N) is 3. The Labute approximate surface area is 120 Å². The van der Waals surface area contributed by atoms with Gasteiger partial charge in [0.1, 0.15) is 11.9 Å². The van der Waals surface area contributed by atoms with Gasteiger partial charge in [0.05, 0.1) is 9.40 Å². The monoisotopic (exact) mass is 328 g/mol. The highest BCUT2D eigenvalue weighted by atomic mass is 79.9. The maximum absolute atomic E-state index is 11.2. The Morgan fingerprint density at radius 3 is 3.00 bits per heavy atom. The van der Waals surface area contributed by atoms with Gasteiger partial charge in [-0.1, -0.05) is 6.92 Å². The number of aromatic nitrogens is 1. The van der Waals surface area contributed by atoms with E-state index in [0.717, 1.165) is 32.5 Å². The van der Waals surface area contributed by atoms with Crippen molar-refractivity contribution in [2.24, 2.45) is 0 Å². The van der Waals surface area contributed by atoms with Crippen LogP contribution in [0, 0.1) is 10.1 Å². The van der Waals surface area contributed by atoms with Crippen LogP contribution in [0.5, 0.6) is 0 Å². The van der Waals surface area contributed by atoms with Crippen LogP contribution < -0.4 is 10.2 Å². The lowest BCUT2D eigenvalue weighted by Crippen LogP contribution is -2.38. The molecule has 1 atom stereocenters. The zero-order valence-corrected chi connectivity index (χ0v) is 12.4. The van der Waals surface area contributed by atoms with Crippen molar-refractivity contribution in [1.29, 1.82) is 0 Å². The molecule has 1 aliphatic heterocycles. The lowest BCUT2D eigenvalue weighted by atomic mass is 10.1. The van der Waals surface area contributed by atoms with Gasteiger partial charge in [-0.15, -0.1) is 0 Å². The third kappa shape index (κ3) is 3.03. The quantitative estimate of drug-likeness (QED) is 0.663. The van der Waals surface area contributed by atoms with Crippen molar-refractivity contribution >= 4 is 27.3 Å². The standard InChI is InChI=1S/C12H17BrN4O2/c1-2-5-16(9-3-4-14-6-9)12-10(13)7-15-8-11(12)17(18)19/h7-9,14H,2-6H2,1H3. The second-order valence-electron chi connectivity index (χ2n) is 4.59. The number of hydrogen-bond acceptors (Lipinski definition) is 5. The van der Waals surface area contributed by atoms with Gasteiger partial charge < -0.3 is 10.2 Å². The highest BCUT2D eigenvalue weighted by Crippen LogP contribution is 2.36. The molecule has 7 heteroatoms. The Kier molecular flexibility index (Phi) is 4.71. The van der Waals surface area contributed by atoms with E-state index in [1.807, 2.05) is 0 Å². The lowest BCUT2D eigenvalue weighted by molar-refractivity contribution is -0.384. The fourth-order valence-electron chi connectivity index (χ4n) is 2.46. The molecule has 2 rings (SSSR count). The van der Waals surface area contributed by atoms with Crippen molar-refractivity contribution in [3.05, 3.63) is 27.0 Å². The van der Waals surface area contributed by atoms with E-state index in [0.29, 0.717) is 16.2 Å². The van der Waals surface area contributed by atoms with E-state index in [4.69, 9.17) is 0 Å². The minimum Gasteiger partial charge on any atom is -0.361 e. The third-order valence-electron chi connectivity index (χ3n) is 3.28. The minimum atomic E-state index is -0.363. The van der Waals surface area contributed by atoms with Crippen LogP contribution in [0.3, 0.4) is 0 Å². The Morgan fingerprint density at radius 2 is 2.42 bits per heavy atom. The van der Waals surface area contributed by atoms with Gasteiger partial charge in [0, 0.05) is 25.3 Å². The maximum Gasteiger partial charge on any atom is 0.311 e. The predicted octanol–water partition coefficient (Wildman–Crippen LogP) is 2.33. The summed E-state index contributed by atoms with van der Waals surface area (Å²) >= 11 is 3.40. The molecular weight excluding hydrogens is 312 g/mol. The number of nitro groups is 1. The molecule has 0 amide bonds. The molecule has 0 saturated carbocycles. The molecule has 0 spiro atoms. The Balaban J connectivity index is 2.42. The van der Waals surface area contributed by atoms with Gasteiger partial charge in [-0.2, -0.15) is 0 Å². The van der Waals surface area contributed by atoms with Crippen molar-refractivity contribution < 1.29 is 4.92 Å². The number of rotatable bonds is 5. The number of nitrogens with one attached hydrogen (secondary N) is 1. The van der Waals surface area contributed by atoms with Crippen LogP contribution in [0.2, 0.25) is 0 Å². The first-order valence-electron chi connectivity index (χ1n) is 6.40. The maximum atomic E-state index is 11.2. The van der Waals surface area contributed by atoms with Gasteiger partial charge in [-0.25, -0.2) is 0 Å². The summed E-state index contributed by atoms with van der Waals surface area (Å²) in [6.07, 6.45) is 4.90. The molecule has 1 aliphatic rings. The van der Waals surface area contributed by atoms with E-state index in [-0.39, 0.29) is 10.6 Å². The molecule has 1 saturated heterocycles. The lowest BCUT2D eigenvalue weighted by Gasteiger charge is -2.30. The molecule has 104 valence electrons. The van der Waals surface area contributed by atoms with Gasteiger partial charge >= 0.3 is 5.69 Å². The first kappa shape index (κ1) is 14.2. The summed E-state index contributed by atoms with van der Waals surface area (Å²) in [4.78, 5) is 16.9. The fraction of sp³-hybridized carbons (Fsp3) is 0.583. The van der Waals surface area contributed by atoms with E-state index in [1.165, 1.54) is 6.20 Å². The Morgan fingerprint density at radius 1 is 1.63 bits per heavy atom. The van der Waals surface area contributed by atoms with E-state index in [2.05, 4.69) is 38.1 Å². The van der Waals surface area contributed by atoms with Crippen molar-refractivity contribution in [2.75, 3.05) is 24.5 Å². The van der Waals surface area contributed by atoms with Crippen molar-refractivity contribution in [3.63, 3.8) is 0 Å². The van der Waals surface area contributed by atoms with Crippen LogP contribution >= 0.6 is 15.9 Å². The summed E-state index contributed by atoms with van der Waals surface area (Å²) in [5, 5.41) is 14.5. The Hall–Kier alpha value is -1.21. The molecule has 0 bridgehead atoms. The second kappa shape index (κ2) is 6.29. The molecular formula is C12H17BrN4O2. The molecule has 0 radical (unpaired) electrons. The van der Waals surface area contributed by atoms with Crippen LogP contribution in [0.15, 0.2) is 16.9 Å². The first-order chi connectivity index (χ1) is 9.15. The summed E-state index contributed by atoms with van der Waals surface area (Å²) in [6, 6.07) is 0.303. The third-order valence-corrected chi connectivity index (χ3v) is 3.86. The molecule has 1 N–H and O–H groups in total. The molecule has 1 aromatic heterocycles. The van der Waals surface area contributed by atoms with Gasteiger partial charge in [-0.3, -0.25) is 15.1 Å². The summed E-state index contributed by atoms with van der Waals surface area (Å²) < 4.78 is 0.682. The van der Waals surface area contributed by atoms with Crippen LogP contribution in [0.1, 0.15) is 19.8 Å². The first-order valence-corrected chi connectivity index (χ1v) is 7.19. The minimum absolute atomic E-state index is 0.0646. The van der Waals surface area contributed by atoms with Crippen LogP contribution in [0.4, 0.5) is 11.4 Å². The molecule has 2 heterocycles. The summed E-state index contributed by atoms with van der Waals surface area (Å²) in [7, 11) is 0. The largest absolute Gasteiger partial charge is 0.361 e. The zero-order valence-electron chi connectivity index (χ0n) is 10.8. The molecule has 6 nitrogen and oxygen atoms in total. The second-order valence-corrected chi connectivity index (χ2v) is 5.44. The fourth-order valence-corrected chi connectivity index (χ4v) is 3.01. The van der Waals surface area contributed by atoms with E-state index >= 15 is 0 Å². The van der Waals surface area contributed by atoms with Crippen molar-refractivity contribution in [2.45, 2.75) is 25.8 Å². The van der Waals surface area contributed by atoms with Crippen molar-refractivity contribution in [3.8, 4) is 0 Å². The predicted molar refractivity (Wildman–Crippen MR) is 77.5 cm³/mol. The summed E-state index contributed by atoms with van der Waals surface area (Å²) in [5.41, 5.74) is 0.713. The van der Waals surface area contributed by atoms with Crippen LogP contribution in [0.25, 0.3) is 0 Å². The Bertz CT molecular complexity index is 463. The van der Waals surface area contributed by atoms with Gasteiger partial charge in [0.15, 0.2) is 0 Å². The molecule has 1 fully saturated rings. The normalized spacial score (nSPS) is 18.5. The van der Waals surface area contributed by atoms with Crippen molar-refractivity contribution in [1.82, 2.24) is 10.3 Å². The average molecular weight is 329 g/mol. The van der Waals surface area contributed by atoms with E-state index in [1.54, 1.807) is 6.20 Å². The number of hydrogen-bond donors (Lipinski definition) is 1. The SMILES string of the molecule is CCCN(c1c(Br)cncc1[N+](=O)[O-])C1CCNC1. The topological polar surface area (TPSA) is 71.3 Å². The van der Waals surface area contributed by atoms with Gasteiger partial charge in [-0.05, 0) is 35.3 Å². The van der Waals surface area contributed by atoms with Gasteiger partial charge in [0.2, 0.25) is 0 Å². The summed E-state index contributed by atoms with van der Waals surface area (Å²) in [5.74, 6) is 0. The molecule has 1 unspecified atom stereocenters. The van der Waals surface area contributed by atoms with Gasteiger partial charge in [0.25, 0.3) is 0 Å². The number of pyridine rings is 1. The highest BCUT2D eigenvalue weighted by Gasteiger charge is 2.29. The zero-order chi connectivity index (χ0) is 13.8. The van der Waals surface area contributed by atoms with Crippen LogP contribution in [-0.2, 0) is 0 Å². The molecule has 1 aromatic rings. The average Bonchev–Trinajstić information content (AvgIpc) is 2.89. The summed E-state index contributed by atoms with van der Waals surface area (Å²) in [6.45, 7) is 4.71. The molecule has 19 heavy (non-hydrogen) atoms. The number of halogens is 1. The van der Waals surface area contributed by atoms with E-state index in [9.17, 15) is 10.1 Å². The van der Waals surface area contributed by atoms with Crippen LogP contribution in [-0.4, -0.2) is 35.6 Å². The molecule has 0 aliphatic carbocycles.